The number of benzene rings is 1. The first-order valence-electron chi connectivity index (χ1n) is 6.07. The molecule has 21 heavy (non-hydrogen) atoms. The molecule has 0 radical (unpaired) electrons. The fraction of sp³-hybridized carbons (Fsp3) is 0.214. The number of anilines is 1. The van der Waals surface area contributed by atoms with Gasteiger partial charge in [-0.15, -0.1) is 0 Å². The lowest BCUT2D eigenvalue weighted by atomic mass is 10.1. The third kappa shape index (κ3) is 3.56. The summed E-state index contributed by atoms with van der Waals surface area (Å²) in [5, 5.41) is 2.29. The monoisotopic (exact) mass is 295 g/mol. The fourth-order valence-corrected chi connectivity index (χ4v) is 1.88. The van der Waals surface area contributed by atoms with Crippen LogP contribution in [-0.4, -0.2) is 15.9 Å². The fourth-order valence-electron chi connectivity index (χ4n) is 1.88. The van der Waals surface area contributed by atoms with Gasteiger partial charge in [0.05, 0.1) is 11.1 Å². The number of alkyl halides is 3. The van der Waals surface area contributed by atoms with Crippen LogP contribution in [0.1, 0.15) is 27.3 Å². The Morgan fingerprint density at radius 3 is 2.24 bits per heavy atom. The number of nitrogens with one attached hydrogen (secondary N) is 1. The summed E-state index contributed by atoms with van der Waals surface area (Å²) in [5.41, 5.74) is -0.233. The molecule has 0 atom stereocenters. The number of amides is 1. The highest BCUT2D eigenvalue weighted by molar-refractivity contribution is 6.04. The molecule has 1 aromatic carbocycles. The highest BCUT2D eigenvalue weighted by Crippen LogP contribution is 2.32. The van der Waals surface area contributed by atoms with Gasteiger partial charge in [-0.05, 0) is 32.0 Å². The highest BCUT2D eigenvalue weighted by Gasteiger charge is 2.34. The molecule has 0 saturated carbocycles. The maximum Gasteiger partial charge on any atom is 0.417 e. The van der Waals surface area contributed by atoms with E-state index in [1.165, 1.54) is 12.1 Å². The van der Waals surface area contributed by atoms with Crippen molar-refractivity contribution in [1.82, 2.24) is 9.97 Å². The number of carbonyl (C=O) groups excluding carboxylic acids is 1. The lowest BCUT2D eigenvalue weighted by Gasteiger charge is -2.12. The molecule has 7 heteroatoms. The summed E-state index contributed by atoms with van der Waals surface area (Å²) in [6, 6.07) is 6.26. The van der Waals surface area contributed by atoms with Crippen LogP contribution in [0.25, 0.3) is 0 Å². The van der Waals surface area contributed by atoms with Crippen molar-refractivity contribution in [2.75, 3.05) is 5.32 Å². The van der Waals surface area contributed by atoms with Crippen molar-refractivity contribution in [3.05, 3.63) is 52.8 Å². The van der Waals surface area contributed by atoms with Gasteiger partial charge in [0, 0.05) is 11.4 Å². The molecule has 0 spiro atoms. The van der Waals surface area contributed by atoms with Crippen LogP contribution in [0.5, 0.6) is 0 Å². The first-order valence-corrected chi connectivity index (χ1v) is 6.07. The minimum Gasteiger partial charge on any atom is -0.290 e. The predicted molar refractivity (Wildman–Crippen MR) is 70.9 cm³/mol. The summed E-state index contributed by atoms with van der Waals surface area (Å²) in [6.07, 6.45) is -4.60. The lowest BCUT2D eigenvalue weighted by molar-refractivity contribution is -0.137. The van der Waals surface area contributed by atoms with E-state index >= 15 is 0 Å². The van der Waals surface area contributed by atoms with Gasteiger partial charge in [-0.3, -0.25) is 10.1 Å². The van der Waals surface area contributed by atoms with Gasteiger partial charge in [0.15, 0.2) is 0 Å². The molecular formula is C14H12F3N3O. The molecule has 0 aliphatic rings. The first-order chi connectivity index (χ1) is 9.77. The summed E-state index contributed by atoms with van der Waals surface area (Å²) in [7, 11) is 0. The molecule has 1 N–H and O–H groups in total. The maximum atomic E-state index is 12.9. The van der Waals surface area contributed by atoms with Crippen molar-refractivity contribution in [2.24, 2.45) is 0 Å². The lowest BCUT2D eigenvalue weighted by Crippen LogP contribution is -2.20. The van der Waals surface area contributed by atoms with Crippen molar-refractivity contribution >= 4 is 11.9 Å². The zero-order valence-corrected chi connectivity index (χ0v) is 11.3. The standard InChI is InChI=1S/C14H12F3N3O/c1-8-7-9(2)19-13(18-8)20-12(21)10-5-3-4-6-11(10)14(15,16)17/h3-7H,1-2H3,(H,18,19,20,21). The molecule has 1 amide bonds. The Bertz CT molecular complexity index is 663. The third-order valence-corrected chi connectivity index (χ3v) is 2.68. The number of rotatable bonds is 2. The van der Waals surface area contributed by atoms with E-state index in [-0.39, 0.29) is 5.95 Å². The van der Waals surface area contributed by atoms with Crippen molar-refractivity contribution in [3.8, 4) is 0 Å². The quantitative estimate of drug-likeness (QED) is 0.924. The topological polar surface area (TPSA) is 54.9 Å². The van der Waals surface area contributed by atoms with Gasteiger partial charge < -0.3 is 0 Å². The van der Waals surface area contributed by atoms with Crippen LogP contribution in [0.2, 0.25) is 0 Å². The average molecular weight is 295 g/mol. The maximum absolute atomic E-state index is 12.9. The van der Waals surface area contributed by atoms with E-state index in [0.29, 0.717) is 11.4 Å². The minimum absolute atomic E-state index is 0.0190. The first kappa shape index (κ1) is 15.0. The zero-order valence-electron chi connectivity index (χ0n) is 11.3. The second-order valence-electron chi connectivity index (χ2n) is 4.47. The van der Waals surface area contributed by atoms with Crippen LogP contribution in [0.4, 0.5) is 19.1 Å². The number of aromatic nitrogens is 2. The molecule has 0 aliphatic heterocycles. The molecule has 0 fully saturated rings. The Kier molecular flexibility index (Phi) is 3.93. The number of carbonyl (C=O) groups is 1. The number of hydrogen-bond acceptors (Lipinski definition) is 3. The Hall–Kier alpha value is -2.44. The number of nitrogens with zero attached hydrogens (tertiary/aromatic N) is 2. The molecule has 1 aromatic heterocycles. The summed E-state index contributed by atoms with van der Waals surface area (Å²) >= 11 is 0. The molecule has 0 saturated heterocycles. The van der Waals surface area contributed by atoms with Gasteiger partial charge in [-0.1, -0.05) is 12.1 Å². The van der Waals surface area contributed by atoms with Gasteiger partial charge in [0.2, 0.25) is 5.95 Å². The second kappa shape index (κ2) is 5.51. The second-order valence-corrected chi connectivity index (χ2v) is 4.47. The van der Waals surface area contributed by atoms with Crippen LogP contribution in [0.15, 0.2) is 30.3 Å². The predicted octanol–water partition coefficient (Wildman–Crippen LogP) is 3.36. The van der Waals surface area contributed by atoms with Crippen LogP contribution in [-0.2, 0) is 6.18 Å². The van der Waals surface area contributed by atoms with Crippen molar-refractivity contribution in [3.63, 3.8) is 0 Å². The van der Waals surface area contributed by atoms with Crippen LogP contribution in [0, 0.1) is 13.8 Å². The molecule has 0 bridgehead atoms. The molecule has 1 heterocycles. The van der Waals surface area contributed by atoms with Crippen LogP contribution in [0.3, 0.4) is 0 Å². The van der Waals surface area contributed by atoms with Crippen LogP contribution < -0.4 is 5.32 Å². The SMILES string of the molecule is Cc1cc(C)nc(NC(=O)c2ccccc2C(F)(F)F)n1. The number of aryl methyl sites for hydroxylation is 2. The Morgan fingerprint density at radius 2 is 1.67 bits per heavy atom. The van der Waals surface area contributed by atoms with Gasteiger partial charge >= 0.3 is 6.18 Å². The van der Waals surface area contributed by atoms with Gasteiger partial charge in [0.1, 0.15) is 0 Å². The minimum atomic E-state index is -4.60. The Balaban J connectivity index is 2.33. The summed E-state index contributed by atoms with van der Waals surface area (Å²) < 4.78 is 38.6. The molecule has 2 rings (SSSR count). The van der Waals surface area contributed by atoms with E-state index in [9.17, 15) is 18.0 Å². The third-order valence-electron chi connectivity index (χ3n) is 2.68. The molecule has 110 valence electrons. The molecule has 0 aliphatic carbocycles. The summed E-state index contributed by atoms with van der Waals surface area (Å²) in [5.74, 6) is -0.914. The molecular weight excluding hydrogens is 283 g/mol. The molecule has 0 unspecified atom stereocenters. The van der Waals surface area contributed by atoms with Crippen molar-refractivity contribution in [2.45, 2.75) is 20.0 Å². The van der Waals surface area contributed by atoms with Gasteiger partial charge in [-0.2, -0.15) is 13.2 Å². The van der Waals surface area contributed by atoms with E-state index in [2.05, 4.69) is 15.3 Å². The highest BCUT2D eigenvalue weighted by atomic mass is 19.4. The zero-order chi connectivity index (χ0) is 15.6. The molecule has 4 nitrogen and oxygen atoms in total. The smallest absolute Gasteiger partial charge is 0.290 e. The summed E-state index contributed by atoms with van der Waals surface area (Å²) in [4.78, 5) is 19.9. The van der Waals surface area contributed by atoms with E-state index in [1.807, 2.05) is 0 Å². The molecule has 2 aromatic rings. The van der Waals surface area contributed by atoms with Gasteiger partial charge in [-0.25, -0.2) is 9.97 Å². The van der Waals surface area contributed by atoms with Crippen LogP contribution >= 0.6 is 0 Å². The van der Waals surface area contributed by atoms with Gasteiger partial charge in [0.25, 0.3) is 5.91 Å². The van der Waals surface area contributed by atoms with E-state index < -0.39 is 23.2 Å². The van der Waals surface area contributed by atoms with Crippen molar-refractivity contribution in [1.29, 1.82) is 0 Å². The Labute approximate surface area is 119 Å². The number of halogens is 3. The van der Waals surface area contributed by atoms with E-state index in [0.717, 1.165) is 12.1 Å². The largest absolute Gasteiger partial charge is 0.417 e. The number of hydrogen-bond donors (Lipinski definition) is 1. The van der Waals surface area contributed by atoms with E-state index in [4.69, 9.17) is 0 Å². The van der Waals surface area contributed by atoms with E-state index in [1.54, 1.807) is 19.9 Å². The normalized spacial score (nSPS) is 11.3. The van der Waals surface area contributed by atoms with Crippen molar-refractivity contribution < 1.29 is 18.0 Å². The Morgan fingerprint density at radius 1 is 1.10 bits per heavy atom. The summed E-state index contributed by atoms with van der Waals surface area (Å²) in [6.45, 7) is 3.40. The average Bonchev–Trinajstić information content (AvgIpc) is 2.36.